The van der Waals surface area contributed by atoms with Gasteiger partial charge in [-0.1, -0.05) is 35.5 Å². The molecule has 1 aromatic heterocycles. The molecule has 0 aliphatic carbocycles. The van der Waals surface area contributed by atoms with E-state index in [1.54, 1.807) is 18.7 Å². The van der Waals surface area contributed by atoms with Crippen LogP contribution < -0.4 is 0 Å². The molecule has 1 aromatic carbocycles. The van der Waals surface area contributed by atoms with Gasteiger partial charge in [0.2, 0.25) is 5.89 Å². The largest absolute Gasteiger partial charge is 0.340 e. The van der Waals surface area contributed by atoms with E-state index in [-0.39, 0.29) is 0 Å². The summed E-state index contributed by atoms with van der Waals surface area (Å²) in [4.78, 5) is 4.14. The highest BCUT2D eigenvalue weighted by Crippen LogP contribution is 2.15. The Labute approximate surface area is 92.9 Å². The third-order valence-corrected chi connectivity index (χ3v) is 2.91. The van der Waals surface area contributed by atoms with Crippen molar-refractivity contribution in [2.24, 2.45) is 0 Å². The SMILES string of the molecule is Cc1nc(CSCc2ccccc2)no1. The molecule has 1 heterocycles. The van der Waals surface area contributed by atoms with E-state index in [1.165, 1.54) is 5.56 Å². The van der Waals surface area contributed by atoms with Gasteiger partial charge in [0.15, 0.2) is 5.82 Å². The summed E-state index contributed by atoms with van der Waals surface area (Å²) in [5.74, 6) is 3.18. The lowest BCUT2D eigenvalue weighted by molar-refractivity contribution is 0.389. The first kappa shape index (κ1) is 10.2. The Hall–Kier alpha value is -1.29. The lowest BCUT2D eigenvalue weighted by Crippen LogP contribution is -1.85. The molecule has 0 radical (unpaired) electrons. The molecule has 15 heavy (non-hydrogen) atoms. The molecule has 0 fully saturated rings. The minimum absolute atomic E-state index is 0.630. The van der Waals surface area contributed by atoms with Crippen molar-refractivity contribution < 1.29 is 4.52 Å². The molecule has 2 rings (SSSR count). The molecule has 0 aliphatic rings. The number of aryl methyl sites for hydroxylation is 1. The summed E-state index contributed by atoms with van der Waals surface area (Å²) in [7, 11) is 0. The van der Waals surface area contributed by atoms with Gasteiger partial charge < -0.3 is 4.52 Å². The van der Waals surface area contributed by atoms with Crippen molar-refractivity contribution in [3.05, 3.63) is 47.6 Å². The van der Waals surface area contributed by atoms with Crippen LogP contribution in [0.3, 0.4) is 0 Å². The molecule has 0 saturated heterocycles. The Balaban J connectivity index is 1.80. The van der Waals surface area contributed by atoms with Crippen LogP contribution in [-0.4, -0.2) is 10.1 Å². The van der Waals surface area contributed by atoms with Crippen LogP contribution in [0.1, 0.15) is 17.3 Å². The molecule has 0 unspecified atom stereocenters. The monoisotopic (exact) mass is 220 g/mol. The predicted molar refractivity (Wildman–Crippen MR) is 60.5 cm³/mol. The van der Waals surface area contributed by atoms with Crippen LogP contribution in [0.15, 0.2) is 34.9 Å². The van der Waals surface area contributed by atoms with E-state index in [1.807, 2.05) is 18.2 Å². The van der Waals surface area contributed by atoms with Crippen LogP contribution >= 0.6 is 11.8 Å². The predicted octanol–water partition coefficient (Wildman–Crippen LogP) is 2.81. The summed E-state index contributed by atoms with van der Waals surface area (Å²) in [5.41, 5.74) is 1.32. The lowest BCUT2D eigenvalue weighted by Gasteiger charge is -1.98. The quantitative estimate of drug-likeness (QED) is 0.794. The van der Waals surface area contributed by atoms with Crippen LogP contribution in [-0.2, 0) is 11.5 Å². The van der Waals surface area contributed by atoms with Gasteiger partial charge >= 0.3 is 0 Å². The van der Waals surface area contributed by atoms with Crippen molar-refractivity contribution in [1.29, 1.82) is 0 Å². The number of thioether (sulfide) groups is 1. The maximum Gasteiger partial charge on any atom is 0.223 e. The molecule has 0 saturated carbocycles. The minimum Gasteiger partial charge on any atom is -0.340 e. The van der Waals surface area contributed by atoms with E-state index in [9.17, 15) is 0 Å². The molecule has 0 atom stereocenters. The second-order valence-corrected chi connectivity index (χ2v) is 4.19. The van der Waals surface area contributed by atoms with Crippen molar-refractivity contribution in [2.45, 2.75) is 18.4 Å². The Morgan fingerprint density at radius 3 is 2.67 bits per heavy atom. The van der Waals surface area contributed by atoms with Gasteiger partial charge in [0, 0.05) is 12.7 Å². The molecular formula is C11H12N2OS. The van der Waals surface area contributed by atoms with Crippen molar-refractivity contribution in [2.75, 3.05) is 0 Å². The maximum absolute atomic E-state index is 4.89. The van der Waals surface area contributed by atoms with E-state index in [0.29, 0.717) is 5.89 Å². The number of nitrogens with zero attached hydrogens (tertiary/aromatic N) is 2. The molecular weight excluding hydrogens is 208 g/mol. The number of hydrogen-bond donors (Lipinski definition) is 0. The summed E-state index contributed by atoms with van der Waals surface area (Å²) in [6.07, 6.45) is 0. The molecule has 2 aromatic rings. The highest BCUT2D eigenvalue weighted by atomic mass is 32.2. The first-order chi connectivity index (χ1) is 7.34. The molecule has 78 valence electrons. The maximum atomic E-state index is 4.89. The van der Waals surface area contributed by atoms with E-state index in [2.05, 4.69) is 22.3 Å². The topological polar surface area (TPSA) is 38.9 Å². The Kier molecular flexibility index (Phi) is 3.40. The van der Waals surface area contributed by atoms with Crippen LogP contribution in [0.25, 0.3) is 0 Å². The number of rotatable bonds is 4. The Bertz CT molecular complexity index is 414. The fourth-order valence-electron chi connectivity index (χ4n) is 1.23. The zero-order valence-corrected chi connectivity index (χ0v) is 9.33. The second-order valence-electron chi connectivity index (χ2n) is 3.21. The normalized spacial score (nSPS) is 10.5. The van der Waals surface area contributed by atoms with Crippen molar-refractivity contribution in [1.82, 2.24) is 10.1 Å². The fraction of sp³-hybridized carbons (Fsp3) is 0.273. The van der Waals surface area contributed by atoms with Crippen LogP contribution in [0.5, 0.6) is 0 Å². The Morgan fingerprint density at radius 1 is 1.20 bits per heavy atom. The van der Waals surface area contributed by atoms with Gasteiger partial charge in [0.05, 0.1) is 5.75 Å². The molecule has 0 N–H and O–H groups in total. The zero-order valence-electron chi connectivity index (χ0n) is 8.51. The number of hydrogen-bond acceptors (Lipinski definition) is 4. The number of aromatic nitrogens is 2. The average Bonchev–Trinajstić information content (AvgIpc) is 2.66. The zero-order chi connectivity index (χ0) is 10.5. The first-order valence-corrected chi connectivity index (χ1v) is 5.91. The van der Waals surface area contributed by atoms with E-state index in [4.69, 9.17) is 4.52 Å². The third kappa shape index (κ3) is 3.09. The molecule has 0 bridgehead atoms. The summed E-state index contributed by atoms with van der Waals surface area (Å²) in [6.45, 7) is 1.80. The van der Waals surface area contributed by atoms with Crippen LogP contribution in [0, 0.1) is 6.92 Å². The van der Waals surface area contributed by atoms with E-state index < -0.39 is 0 Å². The van der Waals surface area contributed by atoms with Gasteiger partial charge in [0.1, 0.15) is 0 Å². The fourth-order valence-corrected chi connectivity index (χ4v) is 2.06. The van der Waals surface area contributed by atoms with Gasteiger partial charge in [-0.25, -0.2) is 0 Å². The highest BCUT2D eigenvalue weighted by molar-refractivity contribution is 7.97. The Morgan fingerprint density at radius 2 is 2.00 bits per heavy atom. The summed E-state index contributed by atoms with van der Waals surface area (Å²) >= 11 is 1.79. The summed E-state index contributed by atoms with van der Waals surface area (Å²) < 4.78 is 4.89. The van der Waals surface area contributed by atoms with Crippen molar-refractivity contribution >= 4 is 11.8 Å². The molecule has 4 heteroatoms. The van der Waals surface area contributed by atoms with Crippen molar-refractivity contribution in [3.8, 4) is 0 Å². The second kappa shape index (κ2) is 4.98. The smallest absolute Gasteiger partial charge is 0.223 e. The first-order valence-electron chi connectivity index (χ1n) is 4.75. The van der Waals surface area contributed by atoms with Crippen LogP contribution in [0.2, 0.25) is 0 Å². The van der Waals surface area contributed by atoms with Gasteiger partial charge in [-0.2, -0.15) is 4.98 Å². The van der Waals surface area contributed by atoms with Gasteiger partial charge in [0.25, 0.3) is 0 Å². The lowest BCUT2D eigenvalue weighted by atomic mass is 10.2. The van der Waals surface area contributed by atoms with Gasteiger partial charge in [-0.15, -0.1) is 11.8 Å². The molecule has 3 nitrogen and oxygen atoms in total. The minimum atomic E-state index is 0.630. The van der Waals surface area contributed by atoms with Gasteiger partial charge in [-0.3, -0.25) is 0 Å². The summed E-state index contributed by atoms with van der Waals surface area (Å²) in [6, 6.07) is 10.4. The van der Waals surface area contributed by atoms with Crippen LogP contribution in [0.4, 0.5) is 0 Å². The molecule has 0 spiro atoms. The summed E-state index contributed by atoms with van der Waals surface area (Å²) in [5, 5.41) is 3.84. The van der Waals surface area contributed by atoms with E-state index >= 15 is 0 Å². The number of benzene rings is 1. The average molecular weight is 220 g/mol. The van der Waals surface area contributed by atoms with E-state index in [0.717, 1.165) is 17.3 Å². The molecule has 0 amide bonds. The van der Waals surface area contributed by atoms with Gasteiger partial charge in [-0.05, 0) is 5.56 Å². The van der Waals surface area contributed by atoms with Crippen molar-refractivity contribution in [3.63, 3.8) is 0 Å². The standard InChI is InChI=1S/C11H12N2OS/c1-9-12-11(13-14-9)8-15-7-10-5-3-2-4-6-10/h2-6H,7-8H2,1H3. The third-order valence-electron chi connectivity index (χ3n) is 1.91. The molecule has 0 aliphatic heterocycles. The highest BCUT2D eigenvalue weighted by Gasteiger charge is 2.01.